The molecule has 2 atom stereocenters. The van der Waals surface area contributed by atoms with Crippen LogP contribution in [0.5, 0.6) is 0 Å². The average molecular weight is 235 g/mol. The number of rotatable bonds is 7. The summed E-state index contributed by atoms with van der Waals surface area (Å²) < 4.78 is 10.5. The molecule has 4 heteroatoms. The van der Waals surface area contributed by atoms with Gasteiger partial charge in [0, 0.05) is 12.8 Å². The Balaban J connectivity index is 1.48. The number of hydrogen-bond donors (Lipinski definition) is 1. The van der Waals surface area contributed by atoms with Gasteiger partial charge in [-0.1, -0.05) is 18.2 Å². The number of epoxide rings is 2. The molecule has 1 aromatic carbocycles. The van der Waals surface area contributed by atoms with Gasteiger partial charge in [0.25, 0.3) is 0 Å². The van der Waals surface area contributed by atoms with Crippen LogP contribution in [0.15, 0.2) is 30.3 Å². The van der Waals surface area contributed by atoms with Gasteiger partial charge in [0.2, 0.25) is 0 Å². The Bertz CT molecular complexity index is 335. The molecule has 0 spiro atoms. The number of nitrogens with one attached hydrogen (secondary N) is 1. The molecule has 4 nitrogen and oxygen atoms in total. The molecule has 2 fully saturated rings. The van der Waals surface area contributed by atoms with E-state index in [1.165, 1.54) is 0 Å². The van der Waals surface area contributed by atoms with Crippen molar-refractivity contribution in [2.45, 2.75) is 31.2 Å². The van der Waals surface area contributed by atoms with Crippen LogP contribution >= 0.6 is 0 Å². The minimum atomic E-state index is 0.162. The normalized spacial score (nSPS) is 27.5. The number of hydrogen-bond acceptors (Lipinski definition) is 4. The molecule has 0 radical (unpaired) electrons. The van der Waals surface area contributed by atoms with Crippen molar-refractivity contribution in [3.05, 3.63) is 30.3 Å². The molecular formula is C13H17NO3. The van der Waals surface area contributed by atoms with Gasteiger partial charge in [0.05, 0.1) is 37.2 Å². The summed E-state index contributed by atoms with van der Waals surface area (Å²) in [4.78, 5) is 5.72. The van der Waals surface area contributed by atoms with E-state index < -0.39 is 0 Å². The van der Waals surface area contributed by atoms with Crippen LogP contribution < -0.4 is 5.48 Å². The highest BCUT2D eigenvalue weighted by Gasteiger charge is 2.32. The largest absolute Gasteiger partial charge is 0.373 e. The molecule has 0 bridgehead atoms. The first-order valence-electron chi connectivity index (χ1n) is 6.10. The van der Waals surface area contributed by atoms with Gasteiger partial charge in [-0.05, 0) is 12.1 Å². The molecule has 2 unspecified atom stereocenters. The predicted octanol–water partition coefficient (Wildman–Crippen LogP) is 1.98. The molecule has 0 aromatic heterocycles. The number of ether oxygens (including phenoxy) is 2. The summed E-state index contributed by atoms with van der Waals surface area (Å²) in [5, 5.41) is 0. The maximum Gasteiger partial charge on any atom is 0.0905 e. The van der Waals surface area contributed by atoms with Crippen molar-refractivity contribution in [3.8, 4) is 0 Å². The Morgan fingerprint density at radius 2 is 1.71 bits per heavy atom. The minimum absolute atomic E-state index is 0.162. The van der Waals surface area contributed by atoms with Crippen LogP contribution in [0, 0.1) is 0 Å². The highest BCUT2D eigenvalue weighted by atomic mass is 16.7. The Morgan fingerprint density at radius 1 is 1.12 bits per heavy atom. The smallest absolute Gasteiger partial charge is 0.0905 e. The zero-order chi connectivity index (χ0) is 11.5. The highest BCUT2D eigenvalue weighted by molar-refractivity contribution is 5.40. The average Bonchev–Trinajstić information content (AvgIpc) is 3.23. The van der Waals surface area contributed by atoms with Crippen LogP contribution in [0.1, 0.15) is 12.8 Å². The van der Waals surface area contributed by atoms with Crippen molar-refractivity contribution in [2.24, 2.45) is 0 Å². The molecule has 92 valence electrons. The summed E-state index contributed by atoms with van der Waals surface area (Å²) in [6.07, 6.45) is 2.82. The van der Waals surface area contributed by atoms with Gasteiger partial charge < -0.3 is 9.47 Å². The van der Waals surface area contributed by atoms with Crippen LogP contribution in [0.25, 0.3) is 0 Å². The first-order chi connectivity index (χ1) is 8.40. The third-order valence-electron chi connectivity index (χ3n) is 2.97. The summed E-state index contributed by atoms with van der Waals surface area (Å²) in [5.74, 6) is 0. The monoisotopic (exact) mass is 235 g/mol. The van der Waals surface area contributed by atoms with Gasteiger partial charge in [0.1, 0.15) is 0 Å². The van der Waals surface area contributed by atoms with Gasteiger partial charge >= 0.3 is 0 Å². The van der Waals surface area contributed by atoms with Crippen LogP contribution in [-0.4, -0.2) is 31.5 Å². The quantitative estimate of drug-likeness (QED) is 0.580. The summed E-state index contributed by atoms with van der Waals surface area (Å²) in [6.45, 7) is 1.74. The lowest BCUT2D eigenvalue weighted by atomic mass is 10.1. The van der Waals surface area contributed by atoms with E-state index in [1.807, 2.05) is 30.3 Å². The SMILES string of the molecule is c1ccc(NOC(CC2CO2)CC2CO2)cc1. The molecule has 0 aliphatic carbocycles. The Morgan fingerprint density at radius 3 is 2.24 bits per heavy atom. The molecular weight excluding hydrogens is 218 g/mol. The van der Waals surface area contributed by atoms with Crippen molar-refractivity contribution in [3.63, 3.8) is 0 Å². The lowest BCUT2D eigenvalue weighted by Gasteiger charge is -2.16. The summed E-state index contributed by atoms with van der Waals surface area (Å²) in [5.41, 5.74) is 3.98. The van der Waals surface area contributed by atoms with Crippen molar-refractivity contribution in [1.29, 1.82) is 0 Å². The Hall–Kier alpha value is -1.10. The fraction of sp³-hybridized carbons (Fsp3) is 0.538. The van der Waals surface area contributed by atoms with Crippen LogP contribution in [-0.2, 0) is 14.3 Å². The molecule has 2 saturated heterocycles. The van der Waals surface area contributed by atoms with Crippen molar-refractivity contribution < 1.29 is 14.3 Å². The number of anilines is 1. The van der Waals surface area contributed by atoms with E-state index in [1.54, 1.807) is 0 Å². The fourth-order valence-corrected chi connectivity index (χ4v) is 1.84. The zero-order valence-corrected chi connectivity index (χ0v) is 9.67. The lowest BCUT2D eigenvalue weighted by Crippen LogP contribution is -2.21. The first-order valence-corrected chi connectivity index (χ1v) is 6.10. The molecule has 2 aliphatic heterocycles. The Labute approximate surface area is 101 Å². The zero-order valence-electron chi connectivity index (χ0n) is 9.67. The van der Waals surface area contributed by atoms with Crippen LogP contribution in [0.2, 0.25) is 0 Å². The number of benzene rings is 1. The van der Waals surface area contributed by atoms with Gasteiger partial charge in [0.15, 0.2) is 0 Å². The van der Waals surface area contributed by atoms with Gasteiger partial charge in [-0.2, -0.15) is 0 Å². The predicted molar refractivity (Wildman–Crippen MR) is 63.7 cm³/mol. The van der Waals surface area contributed by atoms with Gasteiger partial charge in [-0.3, -0.25) is 10.3 Å². The molecule has 3 rings (SSSR count). The van der Waals surface area contributed by atoms with E-state index in [0.29, 0.717) is 12.2 Å². The van der Waals surface area contributed by atoms with Crippen molar-refractivity contribution in [2.75, 3.05) is 18.7 Å². The highest BCUT2D eigenvalue weighted by Crippen LogP contribution is 2.25. The third kappa shape index (κ3) is 3.70. The summed E-state index contributed by atoms with van der Waals surface area (Å²) in [6, 6.07) is 9.92. The fourth-order valence-electron chi connectivity index (χ4n) is 1.84. The van der Waals surface area contributed by atoms with E-state index in [0.717, 1.165) is 31.7 Å². The maximum absolute atomic E-state index is 5.72. The summed E-state index contributed by atoms with van der Waals surface area (Å²) in [7, 11) is 0. The molecule has 1 aromatic rings. The standard InChI is InChI=1S/C13H17NO3/c1-2-4-10(5-3-1)14-17-11(6-12-8-15-12)7-13-9-16-13/h1-5,11-14H,6-9H2. The number of para-hydroxylation sites is 1. The van der Waals surface area contributed by atoms with Crippen LogP contribution in [0.3, 0.4) is 0 Å². The second-order valence-corrected chi connectivity index (χ2v) is 4.59. The molecule has 0 saturated carbocycles. The van der Waals surface area contributed by atoms with E-state index in [4.69, 9.17) is 14.3 Å². The van der Waals surface area contributed by atoms with Crippen LogP contribution in [0.4, 0.5) is 5.69 Å². The minimum Gasteiger partial charge on any atom is -0.373 e. The van der Waals surface area contributed by atoms with Crippen molar-refractivity contribution in [1.82, 2.24) is 0 Å². The second-order valence-electron chi connectivity index (χ2n) is 4.59. The molecule has 17 heavy (non-hydrogen) atoms. The van der Waals surface area contributed by atoms with Gasteiger partial charge in [-0.25, -0.2) is 0 Å². The second kappa shape index (κ2) is 5.04. The lowest BCUT2D eigenvalue weighted by molar-refractivity contribution is 0.0717. The third-order valence-corrected chi connectivity index (χ3v) is 2.97. The van der Waals surface area contributed by atoms with Gasteiger partial charge in [-0.15, -0.1) is 0 Å². The van der Waals surface area contributed by atoms with E-state index >= 15 is 0 Å². The topological polar surface area (TPSA) is 46.3 Å². The van der Waals surface area contributed by atoms with Crippen molar-refractivity contribution >= 4 is 5.69 Å². The van der Waals surface area contributed by atoms with E-state index in [-0.39, 0.29) is 6.10 Å². The summed E-state index contributed by atoms with van der Waals surface area (Å²) >= 11 is 0. The van der Waals surface area contributed by atoms with E-state index in [2.05, 4.69) is 5.48 Å². The Kier molecular flexibility index (Phi) is 3.27. The van der Waals surface area contributed by atoms with E-state index in [9.17, 15) is 0 Å². The molecule has 2 aliphatic rings. The molecule has 2 heterocycles. The molecule has 1 N–H and O–H groups in total. The molecule has 0 amide bonds. The first kappa shape index (κ1) is 11.0. The maximum atomic E-state index is 5.72.